The zero-order chi connectivity index (χ0) is 15.0. The van der Waals surface area contributed by atoms with Crippen LogP contribution in [0.4, 0.5) is 11.5 Å². The molecular formula is C14H17N3O3. The molecule has 0 fully saturated rings. The van der Waals surface area contributed by atoms with Gasteiger partial charge in [-0.05, 0) is 30.2 Å². The Balaban J connectivity index is 0.000000200. The lowest BCUT2D eigenvalue weighted by Crippen LogP contribution is -2.00. The van der Waals surface area contributed by atoms with Gasteiger partial charge in [0.25, 0.3) is 0 Å². The number of pyridine rings is 1. The van der Waals surface area contributed by atoms with Gasteiger partial charge in [0.05, 0.1) is 5.56 Å². The monoisotopic (exact) mass is 275 g/mol. The van der Waals surface area contributed by atoms with Crippen LogP contribution in [-0.2, 0) is 6.42 Å². The Hall–Kier alpha value is -2.60. The van der Waals surface area contributed by atoms with Crippen molar-refractivity contribution in [2.24, 2.45) is 0 Å². The molecule has 0 unspecified atom stereocenters. The predicted octanol–water partition coefficient (Wildman–Crippen LogP) is 1.17. The molecule has 1 heterocycles. The van der Waals surface area contributed by atoms with Gasteiger partial charge in [-0.15, -0.1) is 0 Å². The smallest absolute Gasteiger partial charge is 0.337 e. The fourth-order valence-corrected chi connectivity index (χ4v) is 1.47. The number of carbonyl (C=O) groups is 1. The number of nitrogen functional groups attached to an aromatic ring is 2. The highest BCUT2D eigenvalue weighted by molar-refractivity contribution is 5.93. The first kappa shape index (κ1) is 15.5. The Bertz CT molecular complexity index is 573. The van der Waals surface area contributed by atoms with Crippen LogP contribution in [0, 0.1) is 0 Å². The first-order chi connectivity index (χ1) is 9.56. The van der Waals surface area contributed by atoms with Crippen LogP contribution < -0.4 is 11.5 Å². The summed E-state index contributed by atoms with van der Waals surface area (Å²) in [5, 5.41) is 17.0. The maximum absolute atomic E-state index is 10.3. The van der Waals surface area contributed by atoms with Crippen molar-refractivity contribution in [1.82, 2.24) is 4.98 Å². The Morgan fingerprint density at radius 3 is 2.35 bits per heavy atom. The zero-order valence-corrected chi connectivity index (χ0v) is 10.9. The van der Waals surface area contributed by atoms with Crippen molar-refractivity contribution in [2.45, 2.75) is 6.42 Å². The average Bonchev–Trinajstić information content (AvgIpc) is 2.42. The number of anilines is 2. The first-order valence-corrected chi connectivity index (χ1v) is 5.94. The minimum atomic E-state index is -0.988. The number of hydrogen-bond donors (Lipinski definition) is 4. The minimum absolute atomic E-state index is 0.121. The molecule has 6 nitrogen and oxygen atoms in total. The topological polar surface area (TPSA) is 122 Å². The van der Waals surface area contributed by atoms with Crippen LogP contribution in [0.15, 0.2) is 42.6 Å². The second-order valence-corrected chi connectivity index (χ2v) is 3.91. The number of para-hydroxylation sites is 1. The fourth-order valence-electron chi connectivity index (χ4n) is 1.47. The number of rotatable bonds is 3. The van der Waals surface area contributed by atoms with Gasteiger partial charge in [0.15, 0.2) is 0 Å². The third-order valence-electron chi connectivity index (χ3n) is 2.50. The van der Waals surface area contributed by atoms with E-state index in [1.54, 1.807) is 30.5 Å². The molecule has 6 heteroatoms. The van der Waals surface area contributed by atoms with E-state index in [-0.39, 0.29) is 12.2 Å². The molecule has 1 aromatic carbocycles. The molecule has 6 N–H and O–H groups in total. The van der Waals surface area contributed by atoms with Crippen LogP contribution in [0.2, 0.25) is 0 Å². The number of hydrogen-bond acceptors (Lipinski definition) is 5. The van der Waals surface area contributed by atoms with E-state index in [2.05, 4.69) is 4.98 Å². The maximum atomic E-state index is 10.3. The summed E-state index contributed by atoms with van der Waals surface area (Å²) < 4.78 is 0. The van der Waals surface area contributed by atoms with Crippen molar-refractivity contribution in [1.29, 1.82) is 0 Å². The van der Waals surface area contributed by atoms with Crippen LogP contribution in [-0.4, -0.2) is 27.8 Å². The van der Waals surface area contributed by atoms with Gasteiger partial charge in [0, 0.05) is 18.5 Å². The molecule has 0 saturated heterocycles. The van der Waals surface area contributed by atoms with Crippen molar-refractivity contribution in [3.63, 3.8) is 0 Å². The number of nitrogens with zero attached hydrogens (tertiary/aromatic N) is 1. The van der Waals surface area contributed by atoms with Gasteiger partial charge in [0.2, 0.25) is 0 Å². The quantitative estimate of drug-likeness (QED) is 0.623. The molecule has 0 spiro atoms. The molecule has 2 rings (SSSR count). The average molecular weight is 275 g/mol. The van der Waals surface area contributed by atoms with E-state index in [0.717, 1.165) is 5.56 Å². The van der Waals surface area contributed by atoms with Crippen molar-refractivity contribution in [3.05, 3.63) is 53.7 Å². The highest BCUT2D eigenvalue weighted by Gasteiger charge is 2.03. The first-order valence-electron chi connectivity index (χ1n) is 5.94. The van der Waals surface area contributed by atoms with Gasteiger partial charge in [0.1, 0.15) is 5.82 Å². The number of carboxylic acids is 1. The van der Waals surface area contributed by atoms with Crippen molar-refractivity contribution in [3.8, 4) is 0 Å². The normalized spacial score (nSPS) is 9.45. The maximum Gasteiger partial charge on any atom is 0.337 e. The molecule has 106 valence electrons. The number of nitrogens with two attached hydrogens (primary N) is 2. The van der Waals surface area contributed by atoms with Gasteiger partial charge < -0.3 is 21.7 Å². The van der Waals surface area contributed by atoms with E-state index >= 15 is 0 Å². The zero-order valence-electron chi connectivity index (χ0n) is 10.9. The second-order valence-electron chi connectivity index (χ2n) is 3.91. The largest absolute Gasteiger partial charge is 0.478 e. The number of aromatic carboxylic acids is 1. The van der Waals surface area contributed by atoms with Crippen molar-refractivity contribution in [2.75, 3.05) is 18.1 Å². The van der Waals surface area contributed by atoms with Crippen molar-refractivity contribution < 1.29 is 15.0 Å². The Morgan fingerprint density at radius 2 is 1.85 bits per heavy atom. The minimum Gasteiger partial charge on any atom is -0.478 e. The Kier molecular flexibility index (Phi) is 5.99. The van der Waals surface area contributed by atoms with Crippen molar-refractivity contribution >= 4 is 17.5 Å². The number of carboxylic acid groups (broad SMARTS) is 1. The summed E-state index contributed by atoms with van der Waals surface area (Å²) in [5.41, 5.74) is 12.2. The molecule has 0 saturated carbocycles. The lowest BCUT2D eigenvalue weighted by atomic mass is 10.2. The Labute approximate surface area is 116 Å². The van der Waals surface area contributed by atoms with E-state index in [1.165, 1.54) is 6.07 Å². The molecule has 0 atom stereocenters. The van der Waals surface area contributed by atoms with Crippen LogP contribution in [0.25, 0.3) is 0 Å². The standard InChI is InChI=1S/C7H10N2O.C7H7NO2/c8-7-6(3-5-10)2-1-4-9-7;8-6-4-2-1-3-5(6)7(9)10/h1-2,4,10H,3,5H2,(H2,8,9);1-4H,8H2,(H,9,10). The highest BCUT2D eigenvalue weighted by atomic mass is 16.4. The van der Waals surface area contributed by atoms with Gasteiger partial charge in [-0.25, -0.2) is 9.78 Å². The number of benzene rings is 1. The van der Waals surface area contributed by atoms with Gasteiger partial charge in [-0.2, -0.15) is 0 Å². The third kappa shape index (κ3) is 4.58. The number of aliphatic hydroxyl groups is 1. The second kappa shape index (κ2) is 7.75. The molecule has 0 aliphatic carbocycles. The summed E-state index contributed by atoms with van der Waals surface area (Å²) in [4.78, 5) is 14.2. The molecule has 20 heavy (non-hydrogen) atoms. The fraction of sp³-hybridized carbons (Fsp3) is 0.143. The van der Waals surface area contributed by atoms with Crippen LogP contribution in [0.5, 0.6) is 0 Å². The van der Waals surface area contributed by atoms with E-state index < -0.39 is 5.97 Å². The van der Waals surface area contributed by atoms with Gasteiger partial charge >= 0.3 is 5.97 Å². The molecule has 1 aromatic heterocycles. The SMILES string of the molecule is Nc1ccccc1C(=O)O.Nc1ncccc1CCO. The summed E-state index contributed by atoms with van der Waals surface area (Å²) in [6.07, 6.45) is 2.22. The lowest BCUT2D eigenvalue weighted by Gasteiger charge is -1.99. The molecule has 0 amide bonds. The molecule has 0 aliphatic rings. The van der Waals surface area contributed by atoms with E-state index in [1.807, 2.05) is 6.07 Å². The van der Waals surface area contributed by atoms with E-state index in [9.17, 15) is 4.79 Å². The highest BCUT2D eigenvalue weighted by Crippen LogP contribution is 2.09. The van der Waals surface area contributed by atoms with E-state index in [4.69, 9.17) is 21.7 Å². The lowest BCUT2D eigenvalue weighted by molar-refractivity contribution is 0.0698. The molecule has 0 aliphatic heterocycles. The molecule has 2 aromatic rings. The number of aromatic nitrogens is 1. The predicted molar refractivity (Wildman–Crippen MR) is 77.3 cm³/mol. The van der Waals surface area contributed by atoms with Crippen LogP contribution in [0.3, 0.4) is 0 Å². The molecule has 0 bridgehead atoms. The summed E-state index contributed by atoms with van der Waals surface area (Å²) in [7, 11) is 0. The Morgan fingerprint density at radius 1 is 1.15 bits per heavy atom. The van der Waals surface area contributed by atoms with Crippen LogP contribution in [0.1, 0.15) is 15.9 Å². The summed E-state index contributed by atoms with van der Waals surface area (Å²) in [6, 6.07) is 10.0. The van der Waals surface area contributed by atoms with Crippen LogP contribution >= 0.6 is 0 Å². The molecule has 0 radical (unpaired) electrons. The summed E-state index contributed by atoms with van der Waals surface area (Å²) in [6.45, 7) is 0.121. The summed E-state index contributed by atoms with van der Waals surface area (Å²) in [5.74, 6) is -0.477. The third-order valence-corrected chi connectivity index (χ3v) is 2.50. The van der Waals surface area contributed by atoms with Gasteiger partial charge in [-0.3, -0.25) is 0 Å². The summed E-state index contributed by atoms with van der Waals surface area (Å²) >= 11 is 0. The van der Waals surface area contributed by atoms with E-state index in [0.29, 0.717) is 17.9 Å². The van der Waals surface area contributed by atoms with Gasteiger partial charge in [-0.1, -0.05) is 18.2 Å². The number of aliphatic hydroxyl groups excluding tert-OH is 1. The molecular weight excluding hydrogens is 258 g/mol.